The van der Waals surface area contributed by atoms with Crippen molar-refractivity contribution in [1.82, 2.24) is 5.01 Å². The molecule has 0 unspecified atom stereocenters. The zero-order valence-corrected chi connectivity index (χ0v) is 12.3. The molecule has 7 nitrogen and oxygen atoms in total. The van der Waals surface area contributed by atoms with E-state index in [9.17, 15) is 14.9 Å². The summed E-state index contributed by atoms with van der Waals surface area (Å²) in [4.78, 5) is 23.0. The molecular weight excluding hydrogens is 286 g/mol. The number of amides is 1. The fourth-order valence-electron chi connectivity index (χ4n) is 2.70. The maximum absolute atomic E-state index is 12.2. The summed E-state index contributed by atoms with van der Waals surface area (Å²) in [5.74, 6) is 0.641. The van der Waals surface area contributed by atoms with Gasteiger partial charge in [-0.2, -0.15) is 5.10 Å². The van der Waals surface area contributed by atoms with Crippen molar-refractivity contribution in [3.05, 3.63) is 33.9 Å². The van der Waals surface area contributed by atoms with Crippen molar-refractivity contribution in [2.24, 2.45) is 11.0 Å². The summed E-state index contributed by atoms with van der Waals surface area (Å²) in [6.45, 7) is 0.485. The van der Waals surface area contributed by atoms with Crippen LogP contribution < -0.4 is 4.74 Å². The van der Waals surface area contributed by atoms with Crippen LogP contribution in [0, 0.1) is 16.0 Å². The first-order valence-corrected chi connectivity index (χ1v) is 7.32. The molecule has 0 spiro atoms. The third-order valence-electron chi connectivity index (χ3n) is 4.22. The molecule has 1 aromatic rings. The molecule has 0 radical (unpaired) electrons. The first-order chi connectivity index (χ1) is 10.6. The smallest absolute Gasteiger partial charge is 0.278 e. The fourth-order valence-corrected chi connectivity index (χ4v) is 2.70. The molecule has 0 bridgehead atoms. The van der Waals surface area contributed by atoms with E-state index >= 15 is 0 Å². The Morgan fingerprint density at radius 2 is 2.23 bits per heavy atom. The fraction of sp³-hybridized carbons (Fsp3) is 0.467. The highest BCUT2D eigenvalue weighted by atomic mass is 16.6. The highest BCUT2D eigenvalue weighted by Crippen LogP contribution is 2.31. The van der Waals surface area contributed by atoms with E-state index < -0.39 is 4.92 Å². The summed E-state index contributed by atoms with van der Waals surface area (Å²) in [7, 11) is 1.51. The number of nitro benzene ring substituents is 1. The predicted octanol–water partition coefficient (Wildman–Crippen LogP) is 2.34. The molecule has 3 rings (SSSR count). The number of carbonyl (C=O) groups excluding carboxylic acids is 1. The molecule has 1 aromatic carbocycles. The molecule has 0 aromatic heterocycles. The molecule has 0 saturated heterocycles. The van der Waals surface area contributed by atoms with Crippen LogP contribution >= 0.6 is 0 Å². The van der Waals surface area contributed by atoms with E-state index in [2.05, 4.69) is 5.10 Å². The normalized spacial score (nSPS) is 17.9. The van der Waals surface area contributed by atoms with Crippen LogP contribution in [0.1, 0.15) is 31.2 Å². The molecule has 1 heterocycles. The second-order valence-electron chi connectivity index (χ2n) is 5.53. The molecule has 0 atom stereocenters. The average Bonchev–Trinajstić information content (AvgIpc) is 2.94. The van der Waals surface area contributed by atoms with Crippen LogP contribution in [-0.2, 0) is 4.79 Å². The van der Waals surface area contributed by atoms with Crippen LogP contribution in [0.5, 0.6) is 5.75 Å². The van der Waals surface area contributed by atoms with Gasteiger partial charge in [-0.05, 0) is 25.0 Å². The first kappa shape index (κ1) is 14.5. The minimum Gasteiger partial charge on any atom is -0.497 e. The molecule has 116 valence electrons. The van der Waals surface area contributed by atoms with Gasteiger partial charge < -0.3 is 4.74 Å². The van der Waals surface area contributed by atoms with E-state index in [4.69, 9.17) is 4.74 Å². The topological polar surface area (TPSA) is 85.0 Å². The second-order valence-corrected chi connectivity index (χ2v) is 5.53. The zero-order chi connectivity index (χ0) is 15.7. The zero-order valence-electron chi connectivity index (χ0n) is 12.3. The maximum atomic E-state index is 12.2. The lowest BCUT2D eigenvalue weighted by molar-refractivity contribution is -0.385. The standard InChI is InChI=1S/C15H17N3O4/c1-22-11-5-6-14(18(20)21)12(9-11)13-7-8-17(16-13)15(19)10-3-2-4-10/h5-6,9-10H,2-4,7-8H2,1H3. The van der Waals surface area contributed by atoms with E-state index in [1.54, 1.807) is 12.1 Å². The highest BCUT2D eigenvalue weighted by Gasteiger charge is 2.33. The number of hydrogen-bond donors (Lipinski definition) is 0. The molecule has 22 heavy (non-hydrogen) atoms. The Hall–Kier alpha value is -2.44. The van der Waals surface area contributed by atoms with Crippen molar-refractivity contribution in [1.29, 1.82) is 0 Å². The van der Waals surface area contributed by atoms with Gasteiger partial charge in [0.2, 0.25) is 5.91 Å². The van der Waals surface area contributed by atoms with Gasteiger partial charge in [0.15, 0.2) is 0 Å². The molecule has 1 amide bonds. The number of methoxy groups -OCH3 is 1. The van der Waals surface area contributed by atoms with Gasteiger partial charge in [0.25, 0.3) is 5.69 Å². The maximum Gasteiger partial charge on any atom is 0.278 e. The van der Waals surface area contributed by atoms with Gasteiger partial charge >= 0.3 is 0 Å². The molecule has 7 heteroatoms. The van der Waals surface area contributed by atoms with Gasteiger partial charge in [0, 0.05) is 18.4 Å². The quantitative estimate of drug-likeness (QED) is 0.631. The largest absolute Gasteiger partial charge is 0.497 e. The molecule has 1 aliphatic carbocycles. The van der Waals surface area contributed by atoms with Crippen molar-refractivity contribution in [3.63, 3.8) is 0 Å². The van der Waals surface area contributed by atoms with Crippen molar-refractivity contribution in [3.8, 4) is 5.75 Å². The van der Waals surface area contributed by atoms with Crippen molar-refractivity contribution < 1.29 is 14.5 Å². The molecule has 1 fully saturated rings. The van der Waals surface area contributed by atoms with Gasteiger partial charge in [-0.3, -0.25) is 14.9 Å². The average molecular weight is 303 g/mol. The Labute approximate surface area is 127 Å². The third-order valence-corrected chi connectivity index (χ3v) is 4.22. The Morgan fingerprint density at radius 3 is 2.82 bits per heavy atom. The SMILES string of the molecule is COc1ccc([N+](=O)[O-])c(C2=NN(C(=O)C3CCC3)CC2)c1. The van der Waals surface area contributed by atoms with E-state index in [0.717, 1.165) is 19.3 Å². The van der Waals surface area contributed by atoms with Crippen molar-refractivity contribution in [2.45, 2.75) is 25.7 Å². The summed E-state index contributed by atoms with van der Waals surface area (Å²) in [5.41, 5.74) is 0.976. The van der Waals surface area contributed by atoms with Crippen LogP contribution in [0.15, 0.2) is 23.3 Å². The molecule has 0 N–H and O–H groups in total. The van der Waals surface area contributed by atoms with Gasteiger partial charge in [-0.15, -0.1) is 0 Å². The summed E-state index contributed by atoms with van der Waals surface area (Å²) >= 11 is 0. The second kappa shape index (κ2) is 5.75. The number of carbonyl (C=O) groups is 1. The van der Waals surface area contributed by atoms with Gasteiger partial charge in [0.1, 0.15) is 5.75 Å². The lowest BCUT2D eigenvalue weighted by atomic mass is 9.84. The molecule has 1 aliphatic heterocycles. The van der Waals surface area contributed by atoms with Gasteiger partial charge in [-0.25, -0.2) is 5.01 Å². The number of hydrogen-bond acceptors (Lipinski definition) is 5. The number of benzene rings is 1. The minimum absolute atomic E-state index is 0.0162. The van der Waals surface area contributed by atoms with Crippen LogP contribution in [0.2, 0.25) is 0 Å². The Morgan fingerprint density at radius 1 is 1.45 bits per heavy atom. The van der Waals surface area contributed by atoms with Crippen LogP contribution in [0.25, 0.3) is 0 Å². The van der Waals surface area contributed by atoms with E-state index in [0.29, 0.717) is 30.0 Å². The lowest BCUT2D eigenvalue weighted by Gasteiger charge is -2.26. The summed E-state index contributed by atoms with van der Waals surface area (Å²) in [6, 6.07) is 4.57. The number of nitrogens with zero attached hydrogens (tertiary/aromatic N) is 3. The van der Waals surface area contributed by atoms with Crippen LogP contribution in [-0.4, -0.2) is 35.2 Å². The van der Waals surface area contributed by atoms with Crippen molar-refractivity contribution in [2.75, 3.05) is 13.7 Å². The predicted molar refractivity (Wildman–Crippen MR) is 79.9 cm³/mol. The van der Waals surface area contributed by atoms with Crippen molar-refractivity contribution >= 4 is 17.3 Å². The third kappa shape index (κ3) is 2.54. The van der Waals surface area contributed by atoms with E-state index in [1.165, 1.54) is 18.2 Å². The molecule has 2 aliphatic rings. The number of ether oxygens (including phenoxy) is 1. The highest BCUT2D eigenvalue weighted by molar-refractivity contribution is 6.06. The lowest BCUT2D eigenvalue weighted by Crippen LogP contribution is -2.34. The number of rotatable bonds is 4. The Bertz CT molecular complexity index is 652. The first-order valence-electron chi connectivity index (χ1n) is 7.32. The number of hydrazone groups is 1. The Kier molecular flexibility index (Phi) is 3.79. The molecule has 1 saturated carbocycles. The monoisotopic (exact) mass is 303 g/mol. The van der Waals surface area contributed by atoms with E-state index in [-0.39, 0.29) is 17.5 Å². The van der Waals surface area contributed by atoms with Crippen LogP contribution in [0.4, 0.5) is 5.69 Å². The van der Waals surface area contributed by atoms with E-state index in [1.807, 2.05) is 0 Å². The minimum atomic E-state index is -0.437. The summed E-state index contributed by atoms with van der Waals surface area (Å²) in [5, 5.41) is 17.0. The van der Waals surface area contributed by atoms with Crippen LogP contribution in [0.3, 0.4) is 0 Å². The Balaban J connectivity index is 1.90. The molecular formula is C15H17N3O4. The summed E-state index contributed by atoms with van der Waals surface area (Å²) < 4.78 is 5.13. The van der Waals surface area contributed by atoms with Gasteiger partial charge in [0.05, 0.1) is 29.9 Å². The van der Waals surface area contributed by atoms with Gasteiger partial charge in [-0.1, -0.05) is 6.42 Å². The summed E-state index contributed by atoms with van der Waals surface area (Å²) in [6.07, 6.45) is 3.44. The number of nitro groups is 1.